The van der Waals surface area contributed by atoms with Gasteiger partial charge in [0, 0.05) is 13.0 Å². The van der Waals surface area contributed by atoms with Crippen molar-refractivity contribution in [3.63, 3.8) is 0 Å². The minimum Gasteiger partial charge on any atom is -0.469 e. The summed E-state index contributed by atoms with van der Waals surface area (Å²) < 4.78 is 15.7. The van der Waals surface area contributed by atoms with Crippen molar-refractivity contribution in [2.24, 2.45) is 17.8 Å². The van der Waals surface area contributed by atoms with Crippen molar-refractivity contribution in [1.82, 2.24) is 4.90 Å². The maximum atomic E-state index is 13.6. The zero-order valence-electron chi connectivity index (χ0n) is 18.4. The molecule has 0 spiro atoms. The van der Waals surface area contributed by atoms with Crippen LogP contribution in [0.1, 0.15) is 31.4 Å². The summed E-state index contributed by atoms with van der Waals surface area (Å²) in [4.78, 5) is 54.0. The lowest BCUT2D eigenvalue weighted by molar-refractivity contribution is -0.171. The van der Waals surface area contributed by atoms with E-state index < -0.39 is 41.3 Å². The highest BCUT2D eigenvalue weighted by atomic mass is 16.5. The molecule has 170 valence electrons. The van der Waals surface area contributed by atoms with Crippen LogP contribution >= 0.6 is 0 Å². The third-order valence-electron chi connectivity index (χ3n) is 6.99. The average molecular weight is 441 g/mol. The normalized spacial score (nSPS) is 31.3. The smallest absolute Gasteiger partial charge is 0.327 e. The van der Waals surface area contributed by atoms with Crippen LogP contribution in [-0.2, 0) is 33.4 Å². The minimum absolute atomic E-state index is 0.000537. The number of fused-ring (bicyclic) bond motifs is 2. The summed E-state index contributed by atoms with van der Waals surface area (Å²) in [6.45, 7) is 2.09. The molecule has 0 N–H and O–H groups in total. The number of nitrogens with zero attached hydrogens (tertiary/aromatic N) is 1. The number of benzene rings is 1. The Morgan fingerprint density at radius 2 is 1.78 bits per heavy atom. The van der Waals surface area contributed by atoms with Gasteiger partial charge in [0.1, 0.15) is 11.5 Å². The van der Waals surface area contributed by atoms with Crippen molar-refractivity contribution in [2.45, 2.75) is 31.3 Å². The van der Waals surface area contributed by atoms with E-state index in [9.17, 15) is 19.2 Å². The molecule has 0 aromatic heterocycles. The van der Waals surface area contributed by atoms with Crippen molar-refractivity contribution in [2.75, 3.05) is 27.4 Å². The van der Waals surface area contributed by atoms with E-state index in [0.29, 0.717) is 0 Å². The Bertz CT molecular complexity index is 972. The first-order valence-corrected chi connectivity index (χ1v) is 10.8. The number of carbonyl (C=O) groups excluding carboxylic acids is 4. The maximum Gasteiger partial charge on any atom is 0.327 e. The molecule has 5 atom stereocenters. The number of esters is 3. The topological polar surface area (TPSA) is 99.2 Å². The number of hydrogen-bond donors (Lipinski definition) is 0. The van der Waals surface area contributed by atoms with Crippen LogP contribution in [0.15, 0.2) is 42.0 Å². The highest BCUT2D eigenvalue weighted by Crippen LogP contribution is 2.58. The summed E-state index contributed by atoms with van der Waals surface area (Å²) in [6, 6.07) is 8.62. The van der Waals surface area contributed by atoms with Gasteiger partial charge in [-0.05, 0) is 36.5 Å². The quantitative estimate of drug-likeness (QED) is 0.504. The number of allylic oxidation sites excluding steroid dienone is 1. The molecule has 1 aromatic carbocycles. The van der Waals surface area contributed by atoms with Gasteiger partial charge in [0.25, 0.3) is 0 Å². The van der Waals surface area contributed by atoms with Gasteiger partial charge in [-0.25, -0.2) is 0 Å². The maximum absolute atomic E-state index is 13.6. The van der Waals surface area contributed by atoms with Crippen molar-refractivity contribution in [3.8, 4) is 0 Å². The summed E-state index contributed by atoms with van der Waals surface area (Å²) in [5, 5.41) is 0. The lowest BCUT2D eigenvalue weighted by Gasteiger charge is -2.46. The van der Waals surface area contributed by atoms with Gasteiger partial charge in [0.2, 0.25) is 0 Å². The molecule has 2 aliphatic heterocycles. The van der Waals surface area contributed by atoms with Crippen LogP contribution < -0.4 is 0 Å². The third kappa shape index (κ3) is 3.24. The summed E-state index contributed by atoms with van der Waals surface area (Å²) >= 11 is 0. The van der Waals surface area contributed by atoms with Gasteiger partial charge in [0.15, 0.2) is 5.78 Å². The predicted octanol–water partition coefficient (Wildman–Crippen LogP) is 1.84. The van der Waals surface area contributed by atoms with Crippen LogP contribution in [0.4, 0.5) is 0 Å². The third-order valence-corrected chi connectivity index (χ3v) is 6.99. The highest BCUT2D eigenvalue weighted by Gasteiger charge is 2.71. The molecule has 0 radical (unpaired) electrons. The van der Waals surface area contributed by atoms with E-state index in [4.69, 9.17) is 14.2 Å². The van der Waals surface area contributed by atoms with Crippen molar-refractivity contribution in [3.05, 3.63) is 47.5 Å². The minimum atomic E-state index is -1.45. The molecule has 0 saturated carbocycles. The van der Waals surface area contributed by atoms with Gasteiger partial charge in [-0.3, -0.25) is 24.1 Å². The number of piperidine rings is 1. The SMILES string of the molecule is CCOC(=O)[C@]12C[C@H]3CC(=O)C=C3CN1[C@H](c1ccccc1)[C@H](C(=O)OC)[C@@H]2C(=O)OC. The first-order chi connectivity index (χ1) is 15.4. The Labute approximate surface area is 186 Å². The number of ether oxygens (including phenoxy) is 3. The summed E-state index contributed by atoms with van der Waals surface area (Å²) in [7, 11) is 2.51. The second-order valence-corrected chi connectivity index (χ2v) is 8.47. The molecule has 2 fully saturated rings. The summed E-state index contributed by atoms with van der Waals surface area (Å²) in [5.41, 5.74) is 0.228. The van der Waals surface area contributed by atoms with Crippen molar-refractivity contribution < 1.29 is 33.4 Å². The van der Waals surface area contributed by atoms with E-state index in [1.165, 1.54) is 14.2 Å². The predicted molar refractivity (Wildman–Crippen MR) is 112 cm³/mol. The molecular formula is C24H27NO7. The standard InChI is InChI=1S/C24H27NO7/c1-4-32-23(29)24-12-15-10-17(26)11-16(15)13-25(24)20(14-8-6-5-7-9-14)18(21(27)30-2)19(24)22(28)31-3/h5-9,11,15,18-20H,4,10,12-13H2,1-3H3/t15-,18-,19-,20-,24-/m1/s1. The van der Waals surface area contributed by atoms with Gasteiger partial charge in [0.05, 0.1) is 32.8 Å². The van der Waals surface area contributed by atoms with E-state index in [1.54, 1.807) is 13.0 Å². The monoisotopic (exact) mass is 441 g/mol. The Balaban J connectivity index is 1.97. The average Bonchev–Trinajstić information content (AvgIpc) is 3.31. The number of ketones is 1. The Kier molecular flexibility index (Phi) is 5.90. The molecule has 8 heteroatoms. The first-order valence-electron chi connectivity index (χ1n) is 10.8. The number of carbonyl (C=O) groups is 4. The Morgan fingerprint density at radius 3 is 2.41 bits per heavy atom. The number of methoxy groups -OCH3 is 2. The largest absolute Gasteiger partial charge is 0.469 e. The van der Waals surface area contributed by atoms with Gasteiger partial charge in [-0.2, -0.15) is 0 Å². The second kappa shape index (κ2) is 8.50. The molecule has 2 saturated heterocycles. The fourth-order valence-corrected chi connectivity index (χ4v) is 5.78. The zero-order valence-corrected chi connectivity index (χ0v) is 18.4. The molecule has 4 rings (SSSR count). The highest BCUT2D eigenvalue weighted by molar-refractivity contribution is 5.97. The van der Waals surface area contributed by atoms with Gasteiger partial charge >= 0.3 is 17.9 Å². The molecular weight excluding hydrogens is 414 g/mol. The van der Waals surface area contributed by atoms with Gasteiger partial charge in [-0.15, -0.1) is 0 Å². The molecule has 8 nitrogen and oxygen atoms in total. The van der Waals surface area contributed by atoms with Crippen LogP contribution in [0.3, 0.4) is 0 Å². The first kappa shape index (κ1) is 22.2. The lowest BCUT2D eigenvalue weighted by Crippen LogP contribution is -2.61. The van der Waals surface area contributed by atoms with Crippen LogP contribution in [0.5, 0.6) is 0 Å². The van der Waals surface area contributed by atoms with Gasteiger partial charge < -0.3 is 14.2 Å². The summed E-state index contributed by atoms with van der Waals surface area (Å²) in [5.74, 6) is -4.16. The molecule has 0 bridgehead atoms. The van der Waals surface area contributed by atoms with Gasteiger partial charge in [-0.1, -0.05) is 30.3 Å². The zero-order chi connectivity index (χ0) is 23.0. The number of hydrogen-bond acceptors (Lipinski definition) is 8. The molecule has 2 heterocycles. The molecule has 3 aliphatic rings. The van der Waals surface area contributed by atoms with Crippen molar-refractivity contribution in [1.29, 1.82) is 0 Å². The van der Waals surface area contributed by atoms with Crippen LogP contribution in [0.2, 0.25) is 0 Å². The molecule has 1 aromatic rings. The van der Waals surface area contributed by atoms with E-state index in [-0.39, 0.29) is 37.7 Å². The Morgan fingerprint density at radius 1 is 1.09 bits per heavy atom. The number of rotatable bonds is 5. The second-order valence-electron chi connectivity index (χ2n) is 8.47. The van der Waals surface area contributed by atoms with E-state index >= 15 is 0 Å². The fourth-order valence-electron chi connectivity index (χ4n) is 5.78. The van der Waals surface area contributed by atoms with Crippen molar-refractivity contribution >= 4 is 23.7 Å². The Hall–Kier alpha value is -3.00. The lowest BCUT2D eigenvalue weighted by atomic mass is 9.70. The molecule has 32 heavy (non-hydrogen) atoms. The van der Waals surface area contributed by atoms with Crippen LogP contribution in [0, 0.1) is 17.8 Å². The van der Waals surface area contributed by atoms with Crippen LogP contribution in [0.25, 0.3) is 0 Å². The van der Waals surface area contributed by atoms with E-state index in [0.717, 1.165) is 11.1 Å². The molecule has 0 amide bonds. The fraction of sp³-hybridized carbons (Fsp3) is 0.500. The summed E-state index contributed by atoms with van der Waals surface area (Å²) in [6.07, 6.45) is 2.09. The van der Waals surface area contributed by atoms with Crippen LogP contribution in [-0.4, -0.2) is 61.5 Å². The molecule has 0 unspecified atom stereocenters. The van der Waals surface area contributed by atoms with E-state index in [1.807, 2.05) is 35.2 Å². The molecule has 1 aliphatic carbocycles. The van der Waals surface area contributed by atoms with E-state index in [2.05, 4.69) is 0 Å².